The first kappa shape index (κ1) is 11.7. The number of fused-ring (bicyclic) bond motifs is 1. The van der Waals surface area contributed by atoms with Crippen molar-refractivity contribution in [2.45, 2.75) is 6.42 Å². The number of likely N-dealkylation sites (N-methyl/N-ethyl adjacent to an activating group) is 1. The largest absolute Gasteiger partial charge is 0.486 e. The molecule has 1 heterocycles. The van der Waals surface area contributed by atoms with Crippen molar-refractivity contribution in [1.29, 1.82) is 0 Å². The second-order valence-electron chi connectivity index (χ2n) is 3.69. The molecule has 0 radical (unpaired) electrons. The topological polar surface area (TPSA) is 48.0 Å². The van der Waals surface area contributed by atoms with Crippen LogP contribution in [0.15, 0.2) is 18.2 Å². The Bertz CT molecular complexity index is 419. The van der Waals surface area contributed by atoms with Crippen molar-refractivity contribution >= 4 is 5.91 Å². The van der Waals surface area contributed by atoms with Gasteiger partial charge in [0.2, 0.25) is 5.91 Å². The van der Waals surface area contributed by atoms with Gasteiger partial charge in [0.05, 0.1) is 13.5 Å². The highest BCUT2D eigenvalue weighted by atomic mass is 16.7. The number of carbonyl (C=O) groups excluding carboxylic acids is 1. The fourth-order valence-corrected chi connectivity index (χ4v) is 1.65. The van der Waals surface area contributed by atoms with Crippen molar-refractivity contribution in [2.24, 2.45) is 0 Å². The Kier molecular flexibility index (Phi) is 3.49. The lowest BCUT2D eigenvalue weighted by Gasteiger charge is -2.21. The third-order valence-electron chi connectivity index (χ3n) is 2.61. The van der Waals surface area contributed by atoms with Crippen molar-refractivity contribution in [1.82, 2.24) is 5.06 Å². The Morgan fingerprint density at radius 2 is 2.18 bits per heavy atom. The normalized spacial score (nSPS) is 13.3. The molecular weight excluding hydrogens is 222 g/mol. The Labute approximate surface area is 99.8 Å². The zero-order chi connectivity index (χ0) is 12.3. The Morgan fingerprint density at radius 3 is 2.94 bits per heavy atom. The lowest BCUT2D eigenvalue weighted by Crippen LogP contribution is -2.27. The molecule has 1 amide bonds. The van der Waals surface area contributed by atoms with Gasteiger partial charge in [0, 0.05) is 12.6 Å². The third kappa shape index (κ3) is 2.50. The zero-order valence-electron chi connectivity index (χ0n) is 9.93. The van der Waals surface area contributed by atoms with Crippen LogP contribution in [0.4, 0.5) is 0 Å². The number of nitrogens with zero attached hydrogens (tertiary/aromatic N) is 1. The number of ether oxygens (including phenoxy) is 2. The summed E-state index contributed by atoms with van der Waals surface area (Å²) in [6, 6.07) is 5.54. The first-order chi connectivity index (χ1) is 8.22. The van der Waals surface area contributed by atoms with Gasteiger partial charge in [0.1, 0.15) is 13.2 Å². The van der Waals surface area contributed by atoms with E-state index in [-0.39, 0.29) is 12.3 Å². The predicted molar refractivity (Wildman–Crippen MR) is 60.9 cm³/mol. The summed E-state index contributed by atoms with van der Waals surface area (Å²) in [6.45, 7) is 1.06. The molecule has 0 atom stereocenters. The minimum atomic E-state index is -0.130. The number of hydroxylamine groups is 2. The molecule has 5 nitrogen and oxygen atoms in total. The van der Waals surface area contributed by atoms with Gasteiger partial charge in [-0.2, -0.15) is 0 Å². The first-order valence-corrected chi connectivity index (χ1v) is 5.40. The highest BCUT2D eigenvalue weighted by molar-refractivity contribution is 5.78. The smallest absolute Gasteiger partial charge is 0.250 e. The molecule has 0 bridgehead atoms. The van der Waals surface area contributed by atoms with Gasteiger partial charge < -0.3 is 9.47 Å². The molecule has 1 aromatic carbocycles. The number of rotatable bonds is 3. The highest BCUT2D eigenvalue weighted by Gasteiger charge is 2.18. The van der Waals surface area contributed by atoms with E-state index < -0.39 is 0 Å². The molecule has 1 aliphatic heterocycles. The number of para-hydroxylation sites is 1. The summed E-state index contributed by atoms with van der Waals surface area (Å²) >= 11 is 0. The zero-order valence-corrected chi connectivity index (χ0v) is 9.93. The molecule has 17 heavy (non-hydrogen) atoms. The van der Waals surface area contributed by atoms with Crippen molar-refractivity contribution in [3.8, 4) is 11.5 Å². The second-order valence-corrected chi connectivity index (χ2v) is 3.69. The van der Waals surface area contributed by atoms with E-state index in [2.05, 4.69) is 0 Å². The van der Waals surface area contributed by atoms with Crippen LogP contribution in [0.1, 0.15) is 5.56 Å². The fraction of sp³-hybridized carbons (Fsp3) is 0.417. The van der Waals surface area contributed by atoms with Crippen LogP contribution in [-0.4, -0.2) is 38.3 Å². The van der Waals surface area contributed by atoms with E-state index >= 15 is 0 Å². The number of hydrogen-bond acceptors (Lipinski definition) is 4. The molecule has 0 unspecified atom stereocenters. The van der Waals surface area contributed by atoms with Gasteiger partial charge in [-0.3, -0.25) is 9.63 Å². The van der Waals surface area contributed by atoms with Crippen molar-refractivity contribution in [3.63, 3.8) is 0 Å². The minimum Gasteiger partial charge on any atom is -0.486 e. The maximum absolute atomic E-state index is 11.7. The molecule has 0 fully saturated rings. The van der Waals surface area contributed by atoms with E-state index in [1.165, 1.54) is 12.2 Å². The van der Waals surface area contributed by atoms with E-state index in [9.17, 15) is 4.79 Å². The Morgan fingerprint density at radius 1 is 1.41 bits per heavy atom. The molecule has 0 aromatic heterocycles. The van der Waals surface area contributed by atoms with Gasteiger partial charge in [-0.15, -0.1) is 0 Å². The fourth-order valence-electron chi connectivity index (χ4n) is 1.65. The maximum atomic E-state index is 11.7. The van der Waals surface area contributed by atoms with Gasteiger partial charge in [0.15, 0.2) is 11.5 Å². The SMILES string of the molecule is CON(C)C(=O)Cc1cccc2c1OCCO2. The average molecular weight is 237 g/mol. The molecule has 0 saturated carbocycles. The van der Waals surface area contributed by atoms with E-state index in [0.717, 1.165) is 5.56 Å². The average Bonchev–Trinajstić information content (AvgIpc) is 2.38. The van der Waals surface area contributed by atoms with Crippen LogP contribution < -0.4 is 9.47 Å². The number of hydrogen-bond donors (Lipinski definition) is 0. The molecule has 0 N–H and O–H groups in total. The molecule has 0 saturated heterocycles. The van der Waals surface area contributed by atoms with Gasteiger partial charge >= 0.3 is 0 Å². The molecule has 1 aromatic rings. The maximum Gasteiger partial charge on any atom is 0.250 e. The lowest BCUT2D eigenvalue weighted by atomic mass is 10.1. The summed E-state index contributed by atoms with van der Waals surface area (Å²) in [4.78, 5) is 16.6. The van der Waals surface area contributed by atoms with Crippen LogP contribution >= 0.6 is 0 Å². The second kappa shape index (κ2) is 5.05. The number of carbonyl (C=O) groups is 1. The summed E-state index contributed by atoms with van der Waals surface area (Å²) in [5.41, 5.74) is 0.816. The minimum absolute atomic E-state index is 0.130. The molecule has 1 aliphatic rings. The van der Waals surface area contributed by atoms with Gasteiger partial charge in [-0.05, 0) is 6.07 Å². The van der Waals surface area contributed by atoms with E-state index in [4.69, 9.17) is 14.3 Å². The monoisotopic (exact) mass is 237 g/mol. The summed E-state index contributed by atoms with van der Waals surface area (Å²) in [6.07, 6.45) is 0.233. The van der Waals surface area contributed by atoms with Crippen molar-refractivity contribution in [2.75, 3.05) is 27.4 Å². The van der Waals surface area contributed by atoms with Crippen LogP contribution in [0.5, 0.6) is 11.5 Å². The van der Waals surface area contributed by atoms with Crippen LogP contribution in [0.2, 0.25) is 0 Å². The van der Waals surface area contributed by atoms with E-state index in [0.29, 0.717) is 24.7 Å². The van der Waals surface area contributed by atoms with Crippen LogP contribution in [0.25, 0.3) is 0 Å². The van der Waals surface area contributed by atoms with Crippen LogP contribution in [0, 0.1) is 0 Å². The first-order valence-electron chi connectivity index (χ1n) is 5.40. The molecule has 92 valence electrons. The molecule has 2 rings (SSSR count). The predicted octanol–water partition coefficient (Wildman–Crippen LogP) is 1.02. The van der Waals surface area contributed by atoms with Crippen LogP contribution in [-0.2, 0) is 16.1 Å². The summed E-state index contributed by atoms with van der Waals surface area (Å²) < 4.78 is 11.0. The molecule has 0 spiro atoms. The third-order valence-corrected chi connectivity index (χ3v) is 2.61. The summed E-state index contributed by atoms with van der Waals surface area (Å²) in [5.74, 6) is 1.23. The van der Waals surface area contributed by atoms with Gasteiger partial charge in [0.25, 0.3) is 0 Å². The molecule has 5 heteroatoms. The summed E-state index contributed by atoms with van der Waals surface area (Å²) in [7, 11) is 3.03. The number of benzene rings is 1. The Balaban J connectivity index is 2.18. The molecular formula is C12H15NO4. The van der Waals surface area contributed by atoms with E-state index in [1.54, 1.807) is 7.05 Å². The van der Waals surface area contributed by atoms with Crippen molar-refractivity contribution < 1.29 is 19.1 Å². The lowest BCUT2D eigenvalue weighted by molar-refractivity contribution is -0.167. The summed E-state index contributed by atoms with van der Waals surface area (Å²) in [5, 5.41) is 1.20. The van der Waals surface area contributed by atoms with E-state index in [1.807, 2.05) is 18.2 Å². The standard InChI is InChI=1S/C12H15NO4/c1-13(15-2)11(14)8-9-4-3-5-10-12(9)17-7-6-16-10/h3-5H,6-8H2,1-2H3. The quantitative estimate of drug-likeness (QED) is 0.736. The Hall–Kier alpha value is -1.75. The number of amides is 1. The van der Waals surface area contributed by atoms with Gasteiger partial charge in [-0.1, -0.05) is 12.1 Å². The van der Waals surface area contributed by atoms with Crippen molar-refractivity contribution in [3.05, 3.63) is 23.8 Å². The van der Waals surface area contributed by atoms with Crippen LogP contribution in [0.3, 0.4) is 0 Å². The highest BCUT2D eigenvalue weighted by Crippen LogP contribution is 2.33. The molecule has 0 aliphatic carbocycles. The van der Waals surface area contributed by atoms with Gasteiger partial charge in [-0.25, -0.2) is 5.06 Å².